The lowest BCUT2D eigenvalue weighted by molar-refractivity contribution is -0.200. The van der Waals surface area contributed by atoms with Gasteiger partial charge in [0.2, 0.25) is 0 Å². The Bertz CT molecular complexity index is 2150. The molecular weight excluding hydrogens is 649 g/mol. The summed E-state index contributed by atoms with van der Waals surface area (Å²) in [7, 11) is 0. The molecule has 0 atom stereocenters. The van der Waals surface area contributed by atoms with Crippen LogP contribution in [0.1, 0.15) is 38.8 Å². The molecule has 8 heteroatoms. The number of hydrogen-bond acceptors (Lipinski definition) is 8. The second kappa shape index (κ2) is 12.8. The molecule has 0 aromatic heterocycles. The second-order valence-electron chi connectivity index (χ2n) is 15.4. The molecular formula is C44H40N4O4. The fraction of sp³-hybridized carbons (Fsp3) is 0.273. The van der Waals surface area contributed by atoms with E-state index in [4.69, 9.17) is 38.9 Å². The maximum Gasteiger partial charge on any atom is 0.188 e. The van der Waals surface area contributed by atoms with E-state index in [1.54, 1.807) is 0 Å². The Morgan fingerprint density at radius 2 is 0.750 bits per heavy atom. The van der Waals surface area contributed by atoms with Gasteiger partial charge in [-0.1, -0.05) is 88.4 Å². The average Bonchev–Trinajstić information content (AvgIpc) is 3.98. The minimum Gasteiger partial charge on any atom is -0.348 e. The van der Waals surface area contributed by atoms with Crippen molar-refractivity contribution in [1.29, 1.82) is 0 Å². The number of hydrogen-bond donors (Lipinski definition) is 0. The van der Waals surface area contributed by atoms with Crippen molar-refractivity contribution in [3.05, 3.63) is 154 Å². The summed E-state index contributed by atoms with van der Waals surface area (Å²) >= 11 is 0. The summed E-state index contributed by atoms with van der Waals surface area (Å²) in [6.07, 6.45) is 15.0. The van der Waals surface area contributed by atoms with E-state index in [0.717, 1.165) is 67.6 Å². The Balaban J connectivity index is 1.30. The fourth-order valence-electron chi connectivity index (χ4n) is 7.13. The quantitative estimate of drug-likeness (QED) is 0.324. The minimum atomic E-state index is -0.653. The summed E-state index contributed by atoms with van der Waals surface area (Å²) in [6, 6.07) is 20.6. The predicted octanol–water partition coefficient (Wildman–Crippen LogP) is 8.17. The number of ether oxygens (including phenoxy) is 4. The maximum absolute atomic E-state index is 6.42. The number of rotatable bonds is 4. The van der Waals surface area contributed by atoms with Crippen LogP contribution in [0.3, 0.4) is 0 Å². The standard InChI is InChI=1S/C44H40N4O4/c1-43(2)23-49-41(50-24-43)39-33-19-17-31(46-33)37(27-11-7-5-8-12-27)29-15-16-30(45-29)38(28-13-9-6-10-14-28)32-18-20-34(47-32)40(36-22-21-35(39)48-36)42-51-25-44(3,4)26-52-42/h5-22,41-42H,23-26H2,1-4H3. The van der Waals surface area contributed by atoms with Gasteiger partial charge in [-0.05, 0) is 59.7 Å². The monoisotopic (exact) mass is 688 g/mol. The van der Waals surface area contributed by atoms with Gasteiger partial charge in [-0.15, -0.1) is 0 Å². The van der Waals surface area contributed by atoms with Crippen LogP contribution in [0.15, 0.2) is 163 Å². The predicted molar refractivity (Wildman–Crippen MR) is 206 cm³/mol. The van der Waals surface area contributed by atoms with Crippen LogP contribution < -0.4 is 0 Å². The molecule has 9 rings (SSSR count). The van der Waals surface area contributed by atoms with Gasteiger partial charge in [-0.3, -0.25) is 0 Å². The zero-order valence-electron chi connectivity index (χ0n) is 29.8. The molecule has 0 aliphatic carbocycles. The zero-order chi connectivity index (χ0) is 35.5. The third kappa shape index (κ3) is 6.11. The topological polar surface area (TPSA) is 86.4 Å². The molecule has 2 saturated heterocycles. The Hall–Kier alpha value is -5.12. The highest BCUT2D eigenvalue weighted by atomic mass is 16.7. The molecule has 2 fully saturated rings. The first kappa shape index (κ1) is 32.8. The van der Waals surface area contributed by atoms with E-state index in [-0.39, 0.29) is 10.8 Å². The highest BCUT2D eigenvalue weighted by molar-refractivity contribution is 6.36. The van der Waals surface area contributed by atoms with Crippen LogP contribution in [-0.4, -0.2) is 61.9 Å². The molecule has 8 bridgehead atoms. The van der Waals surface area contributed by atoms with E-state index >= 15 is 0 Å². The first-order valence-electron chi connectivity index (χ1n) is 17.8. The average molecular weight is 689 g/mol. The number of aliphatic imine (C=N–C) groups is 4. The lowest BCUT2D eigenvalue weighted by Gasteiger charge is -2.36. The van der Waals surface area contributed by atoms with Gasteiger partial charge in [0.25, 0.3) is 0 Å². The van der Waals surface area contributed by atoms with E-state index < -0.39 is 12.6 Å². The van der Waals surface area contributed by atoms with Crippen LogP contribution in [-0.2, 0) is 18.9 Å². The maximum atomic E-state index is 6.42. The van der Waals surface area contributed by atoms with Crippen LogP contribution in [0, 0.1) is 10.8 Å². The number of fused-ring (bicyclic) bond motifs is 4. The molecule has 7 aliphatic rings. The lowest BCUT2D eigenvalue weighted by atomic mass is 9.95. The Morgan fingerprint density at radius 1 is 0.423 bits per heavy atom. The van der Waals surface area contributed by atoms with Gasteiger partial charge in [0.1, 0.15) is 0 Å². The largest absolute Gasteiger partial charge is 0.348 e. The van der Waals surface area contributed by atoms with Gasteiger partial charge < -0.3 is 18.9 Å². The highest BCUT2D eigenvalue weighted by Gasteiger charge is 2.38. The molecule has 0 amide bonds. The number of nitrogens with zero attached hydrogens (tertiary/aromatic N) is 4. The van der Waals surface area contributed by atoms with Crippen molar-refractivity contribution >= 4 is 34.0 Å². The molecule has 0 N–H and O–H groups in total. The molecule has 7 aliphatic heterocycles. The zero-order valence-corrected chi connectivity index (χ0v) is 29.8. The van der Waals surface area contributed by atoms with Crippen molar-refractivity contribution in [3.63, 3.8) is 0 Å². The number of benzene rings is 2. The molecule has 2 aromatic rings. The molecule has 260 valence electrons. The Labute approximate surface area is 304 Å². The third-order valence-electron chi connectivity index (χ3n) is 9.79. The number of allylic oxidation sites excluding steroid dienone is 10. The molecule has 2 aromatic carbocycles. The van der Waals surface area contributed by atoms with E-state index in [9.17, 15) is 0 Å². The molecule has 8 nitrogen and oxygen atoms in total. The smallest absolute Gasteiger partial charge is 0.188 e. The molecule has 0 spiro atoms. The van der Waals surface area contributed by atoms with Gasteiger partial charge >= 0.3 is 0 Å². The van der Waals surface area contributed by atoms with E-state index in [2.05, 4.69) is 76.3 Å². The summed E-state index contributed by atoms with van der Waals surface area (Å²) in [6.45, 7) is 10.7. The van der Waals surface area contributed by atoms with Crippen LogP contribution in [0.4, 0.5) is 0 Å². The van der Waals surface area contributed by atoms with Crippen molar-refractivity contribution in [2.24, 2.45) is 30.8 Å². The van der Waals surface area contributed by atoms with Crippen LogP contribution in [0.25, 0.3) is 11.1 Å². The Morgan fingerprint density at radius 3 is 1.17 bits per heavy atom. The van der Waals surface area contributed by atoms with E-state index in [1.807, 2.05) is 60.7 Å². The molecule has 0 saturated carbocycles. The van der Waals surface area contributed by atoms with Gasteiger partial charge in [-0.25, -0.2) is 20.0 Å². The normalized spacial score (nSPS) is 23.9. The van der Waals surface area contributed by atoms with Crippen LogP contribution in [0.5, 0.6) is 0 Å². The summed E-state index contributed by atoms with van der Waals surface area (Å²) in [5.41, 5.74) is 11.3. The first-order chi connectivity index (χ1) is 25.2. The molecule has 0 radical (unpaired) electrons. The van der Waals surface area contributed by atoms with Crippen LogP contribution in [0.2, 0.25) is 0 Å². The summed E-state index contributed by atoms with van der Waals surface area (Å²) < 4.78 is 25.7. The van der Waals surface area contributed by atoms with Crippen molar-refractivity contribution in [1.82, 2.24) is 0 Å². The molecule has 0 unspecified atom stereocenters. The molecule has 52 heavy (non-hydrogen) atoms. The van der Waals surface area contributed by atoms with E-state index in [0.29, 0.717) is 37.8 Å². The summed E-state index contributed by atoms with van der Waals surface area (Å²) in [5.74, 6) is 0. The second-order valence-corrected chi connectivity index (χ2v) is 15.4. The van der Waals surface area contributed by atoms with Crippen molar-refractivity contribution in [3.8, 4) is 0 Å². The SMILES string of the molecule is CC1(C)COC(C2=C3C=CC(=N3)C(c3ccccc3)=C3C=CC(=N3)C(c3ccccc3)=C3C=CC(=N3)C(C3OCC(C)(C)CO3)=C3C=CC2=N3)OC1. The van der Waals surface area contributed by atoms with Crippen molar-refractivity contribution < 1.29 is 18.9 Å². The minimum absolute atomic E-state index is 0.110. The fourth-order valence-corrected chi connectivity index (χ4v) is 7.13. The summed E-state index contributed by atoms with van der Waals surface area (Å²) in [5, 5.41) is 0. The first-order valence-corrected chi connectivity index (χ1v) is 17.8. The van der Waals surface area contributed by atoms with Gasteiger partial charge in [0.05, 0.1) is 83.2 Å². The van der Waals surface area contributed by atoms with Crippen molar-refractivity contribution in [2.45, 2.75) is 40.3 Å². The van der Waals surface area contributed by atoms with E-state index in [1.165, 1.54) is 0 Å². The van der Waals surface area contributed by atoms with Crippen LogP contribution >= 0.6 is 0 Å². The molecule has 7 heterocycles. The lowest BCUT2D eigenvalue weighted by Crippen LogP contribution is -2.40. The van der Waals surface area contributed by atoms with Gasteiger partial charge in [0, 0.05) is 22.0 Å². The Kier molecular flexibility index (Phi) is 8.08. The third-order valence-corrected chi connectivity index (χ3v) is 9.79. The van der Waals surface area contributed by atoms with Gasteiger partial charge in [0.15, 0.2) is 12.6 Å². The summed E-state index contributed by atoms with van der Waals surface area (Å²) in [4.78, 5) is 21.1. The van der Waals surface area contributed by atoms with Gasteiger partial charge in [-0.2, -0.15) is 0 Å². The highest BCUT2D eigenvalue weighted by Crippen LogP contribution is 2.39. The van der Waals surface area contributed by atoms with Crippen molar-refractivity contribution in [2.75, 3.05) is 26.4 Å².